The number of aryl methyl sites for hydroxylation is 1. The minimum atomic E-state index is -0.568. The van der Waals surface area contributed by atoms with Crippen LogP contribution in [0.15, 0.2) is 42.7 Å². The van der Waals surface area contributed by atoms with E-state index in [1.165, 1.54) is 11.1 Å². The van der Waals surface area contributed by atoms with Gasteiger partial charge in [0.15, 0.2) is 0 Å². The van der Waals surface area contributed by atoms with Gasteiger partial charge in [-0.1, -0.05) is 36.8 Å². The monoisotopic (exact) mass is 362 g/mol. The molecule has 1 unspecified atom stereocenters. The first kappa shape index (κ1) is 19.5. The van der Waals surface area contributed by atoms with Crippen molar-refractivity contribution >= 4 is 18.3 Å². The van der Waals surface area contributed by atoms with Gasteiger partial charge in [0, 0.05) is 18.9 Å². The molecule has 25 heavy (non-hydrogen) atoms. The molecular formula is C19H27ClN4O. The second-order valence-electron chi connectivity index (χ2n) is 6.76. The Morgan fingerprint density at radius 1 is 1.36 bits per heavy atom. The predicted molar refractivity (Wildman–Crippen MR) is 102 cm³/mol. The van der Waals surface area contributed by atoms with Crippen LogP contribution >= 0.6 is 12.4 Å². The number of rotatable bonds is 5. The van der Waals surface area contributed by atoms with E-state index in [9.17, 15) is 4.79 Å². The summed E-state index contributed by atoms with van der Waals surface area (Å²) in [4.78, 5) is 13.0. The molecule has 1 aliphatic heterocycles. The van der Waals surface area contributed by atoms with Crippen LogP contribution in [0.4, 0.5) is 0 Å². The molecule has 0 saturated carbocycles. The summed E-state index contributed by atoms with van der Waals surface area (Å²) in [5.41, 5.74) is 1.94. The Kier molecular flexibility index (Phi) is 6.62. The number of nitrogens with zero attached hydrogens (tertiary/aromatic N) is 2. The van der Waals surface area contributed by atoms with Crippen LogP contribution in [0.25, 0.3) is 0 Å². The molecule has 0 radical (unpaired) electrons. The van der Waals surface area contributed by atoms with Gasteiger partial charge in [0.2, 0.25) is 5.91 Å². The lowest BCUT2D eigenvalue weighted by molar-refractivity contribution is -0.132. The molecule has 1 saturated heterocycles. The number of benzene rings is 1. The number of carbonyl (C=O) groups is 1. The predicted octanol–water partition coefficient (Wildman–Crippen LogP) is 2.61. The van der Waals surface area contributed by atoms with Crippen molar-refractivity contribution in [3.63, 3.8) is 0 Å². The van der Waals surface area contributed by atoms with E-state index in [0.29, 0.717) is 6.54 Å². The van der Waals surface area contributed by atoms with Gasteiger partial charge in [-0.2, -0.15) is 5.10 Å². The highest BCUT2D eigenvalue weighted by atomic mass is 35.5. The van der Waals surface area contributed by atoms with Crippen molar-refractivity contribution in [2.75, 3.05) is 19.6 Å². The maximum atomic E-state index is 13.0. The van der Waals surface area contributed by atoms with E-state index in [0.717, 1.165) is 25.9 Å². The summed E-state index contributed by atoms with van der Waals surface area (Å²) in [5.74, 6) is 0.359. The average molecular weight is 363 g/mol. The maximum absolute atomic E-state index is 13.0. The van der Waals surface area contributed by atoms with Crippen LogP contribution in [0.1, 0.15) is 36.8 Å². The number of carbonyl (C=O) groups excluding carboxylic acids is 1. The largest absolute Gasteiger partial charge is 0.353 e. The van der Waals surface area contributed by atoms with Gasteiger partial charge in [0.1, 0.15) is 5.54 Å². The van der Waals surface area contributed by atoms with E-state index in [1.807, 2.05) is 16.9 Å². The fourth-order valence-electron chi connectivity index (χ4n) is 3.43. The zero-order chi connectivity index (χ0) is 17.0. The van der Waals surface area contributed by atoms with Gasteiger partial charge in [0.25, 0.3) is 0 Å². The fourth-order valence-corrected chi connectivity index (χ4v) is 3.43. The quantitative estimate of drug-likeness (QED) is 0.859. The first-order valence-corrected chi connectivity index (χ1v) is 8.67. The molecule has 1 fully saturated rings. The summed E-state index contributed by atoms with van der Waals surface area (Å²) in [6.45, 7) is 6.55. The van der Waals surface area contributed by atoms with Crippen molar-refractivity contribution in [1.82, 2.24) is 20.4 Å². The third kappa shape index (κ3) is 4.22. The number of amides is 1. The Balaban J connectivity index is 0.00000225. The van der Waals surface area contributed by atoms with Crippen molar-refractivity contribution in [2.24, 2.45) is 0 Å². The van der Waals surface area contributed by atoms with Gasteiger partial charge in [-0.25, -0.2) is 0 Å². The molecule has 1 aromatic carbocycles. The number of hydrogen-bond acceptors (Lipinski definition) is 3. The van der Waals surface area contributed by atoms with Gasteiger partial charge in [-0.3, -0.25) is 9.48 Å². The molecule has 1 aromatic heterocycles. The van der Waals surface area contributed by atoms with Gasteiger partial charge in [-0.15, -0.1) is 12.4 Å². The number of nitrogens with one attached hydrogen (secondary N) is 2. The van der Waals surface area contributed by atoms with Gasteiger partial charge in [-0.05, 0) is 50.4 Å². The number of halogens is 1. The minimum absolute atomic E-state index is 0. The zero-order valence-electron chi connectivity index (χ0n) is 14.9. The van der Waals surface area contributed by atoms with Crippen LogP contribution in [0.2, 0.25) is 0 Å². The van der Waals surface area contributed by atoms with Gasteiger partial charge >= 0.3 is 0 Å². The fraction of sp³-hybridized carbons (Fsp3) is 0.474. The van der Waals surface area contributed by atoms with Crippen molar-refractivity contribution in [2.45, 2.75) is 38.1 Å². The molecule has 136 valence electrons. The highest BCUT2D eigenvalue weighted by molar-refractivity contribution is 5.85. The Morgan fingerprint density at radius 3 is 2.76 bits per heavy atom. The summed E-state index contributed by atoms with van der Waals surface area (Å²) >= 11 is 0. The number of aromatic nitrogens is 2. The summed E-state index contributed by atoms with van der Waals surface area (Å²) in [5, 5.41) is 10.9. The standard InChI is InChI=1S/C19H26N4O.ClH/c1-15-5-3-6-17(13-15)16(2)14-21-18(24)19(7-10-20-11-8-19)23-12-4-9-22-23;/h3-6,9,12-13,16,20H,7-8,10-11,14H2,1-2H3,(H,21,24);1H. The molecule has 6 heteroatoms. The minimum Gasteiger partial charge on any atom is -0.353 e. The number of hydrogen-bond donors (Lipinski definition) is 2. The van der Waals surface area contributed by atoms with Crippen LogP contribution in [0.3, 0.4) is 0 Å². The van der Waals surface area contributed by atoms with E-state index in [2.05, 4.69) is 53.8 Å². The Morgan fingerprint density at radius 2 is 2.12 bits per heavy atom. The first-order valence-electron chi connectivity index (χ1n) is 8.67. The summed E-state index contributed by atoms with van der Waals surface area (Å²) in [7, 11) is 0. The lowest BCUT2D eigenvalue weighted by Crippen LogP contribution is -2.55. The second-order valence-corrected chi connectivity index (χ2v) is 6.76. The average Bonchev–Trinajstić information content (AvgIpc) is 3.15. The lowest BCUT2D eigenvalue weighted by Gasteiger charge is -2.36. The third-order valence-corrected chi connectivity index (χ3v) is 4.98. The van der Waals surface area contributed by atoms with Crippen LogP contribution in [0, 0.1) is 6.92 Å². The molecule has 5 nitrogen and oxygen atoms in total. The van der Waals surface area contributed by atoms with Gasteiger partial charge < -0.3 is 10.6 Å². The van der Waals surface area contributed by atoms with Gasteiger partial charge in [0.05, 0.1) is 0 Å². The zero-order valence-corrected chi connectivity index (χ0v) is 15.7. The molecule has 2 N–H and O–H groups in total. The lowest BCUT2D eigenvalue weighted by atomic mass is 9.87. The molecule has 1 atom stereocenters. The molecule has 2 aromatic rings. The Bertz CT molecular complexity index is 680. The highest BCUT2D eigenvalue weighted by Crippen LogP contribution is 2.27. The smallest absolute Gasteiger partial charge is 0.248 e. The Hall–Kier alpha value is -1.85. The van der Waals surface area contributed by atoms with E-state index < -0.39 is 5.54 Å². The van der Waals surface area contributed by atoms with E-state index in [4.69, 9.17) is 0 Å². The molecule has 2 heterocycles. The van der Waals surface area contributed by atoms with Crippen molar-refractivity contribution in [3.8, 4) is 0 Å². The van der Waals surface area contributed by atoms with Crippen molar-refractivity contribution in [3.05, 3.63) is 53.9 Å². The van der Waals surface area contributed by atoms with Crippen LogP contribution < -0.4 is 10.6 Å². The second kappa shape index (κ2) is 8.50. The molecule has 1 aliphatic rings. The van der Waals surface area contributed by atoms with Crippen LogP contribution in [-0.4, -0.2) is 35.3 Å². The van der Waals surface area contributed by atoms with Crippen molar-refractivity contribution in [1.29, 1.82) is 0 Å². The molecule has 1 amide bonds. The summed E-state index contributed by atoms with van der Waals surface area (Å²) in [6, 6.07) is 10.4. The third-order valence-electron chi connectivity index (χ3n) is 4.98. The molecule has 0 bridgehead atoms. The van der Waals surface area contributed by atoms with E-state index in [1.54, 1.807) is 6.20 Å². The first-order chi connectivity index (χ1) is 11.6. The maximum Gasteiger partial charge on any atom is 0.248 e. The number of piperidine rings is 1. The molecule has 0 spiro atoms. The van der Waals surface area contributed by atoms with Crippen LogP contribution in [-0.2, 0) is 10.3 Å². The van der Waals surface area contributed by atoms with E-state index in [-0.39, 0.29) is 24.2 Å². The van der Waals surface area contributed by atoms with E-state index >= 15 is 0 Å². The summed E-state index contributed by atoms with van der Waals surface area (Å²) < 4.78 is 1.83. The normalized spacial score (nSPS) is 17.4. The molecule has 3 rings (SSSR count). The molecule has 0 aliphatic carbocycles. The SMILES string of the molecule is Cc1cccc(C(C)CNC(=O)C2(n3cccn3)CCNCC2)c1.Cl. The van der Waals surface area contributed by atoms with Crippen LogP contribution in [0.5, 0.6) is 0 Å². The Labute approximate surface area is 155 Å². The highest BCUT2D eigenvalue weighted by Gasteiger charge is 2.41. The summed E-state index contributed by atoms with van der Waals surface area (Å²) in [6.07, 6.45) is 5.17. The molecular weight excluding hydrogens is 336 g/mol. The van der Waals surface area contributed by atoms with Crippen molar-refractivity contribution < 1.29 is 4.79 Å². The topological polar surface area (TPSA) is 59.0 Å².